The molecule has 0 aliphatic heterocycles. The van der Waals surface area contributed by atoms with E-state index in [2.05, 4.69) is 19.2 Å². The summed E-state index contributed by atoms with van der Waals surface area (Å²) >= 11 is 0. The highest BCUT2D eigenvalue weighted by molar-refractivity contribution is 5.68. The van der Waals surface area contributed by atoms with Gasteiger partial charge in [-0.05, 0) is 25.7 Å². The molecule has 1 saturated carbocycles. The van der Waals surface area contributed by atoms with Crippen molar-refractivity contribution < 1.29 is 9.90 Å². The van der Waals surface area contributed by atoms with Gasteiger partial charge in [0.2, 0.25) is 0 Å². The quantitative estimate of drug-likeness (QED) is 0.713. The van der Waals surface area contributed by atoms with Gasteiger partial charge >= 0.3 is 5.97 Å². The Labute approximate surface area is 92.3 Å². The third-order valence-electron chi connectivity index (χ3n) is 3.55. The summed E-state index contributed by atoms with van der Waals surface area (Å²) < 4.78 is 0. The van der Waals surface area contributed by atoms with E-state index in [1.807, 2.05) is 0 Å². The molecule has 0 amide bonds. The van der Waals surface area contributed by atoms with Gasteiger partial charge in [0.15, 0.2) is 0 Å². The van der Waals surface area contributed by atoms with E-state index >= 15 is 0 Å². The van der Waals surface area contributed by atoms with Crippen LogP contribution < -0.4 is 5.32 Å². The monoisotopic (exact) mass is 213 g/mol. The SMILES string of the molecule is CCC(CC)NC1(CC(=O)O)CCCC1. The number of rotatable bonds is 6. The Kier molecular flexibility index (Phi) is 4.58. The minimum absolute atomic E-state index is 0.109. The normalized spacial score (nSPS) is 19.7. The molecule has 0 unspecified atom stereocenters. The molecular formula is C12H23NO2. The van der Waals surface area contributed by atoms with Gasteiger partial charge in [-0.1, -0.05) is 26.7 Å². The predicted molar refractivity (Wildman–Crippen MR) is 61.0 cm³/mol. The van der Waals surface area contributed by atoms with Crippen molar-refractivity contribution in [3.8, 4) is 0 Å². The second-order valence-electron chi connectivity index (χ2n) is 4.72. The third-order valence-corrected chi connectivity index (χ3v) is 3.55. The molecule has 3 nitrogen and oxygen atoms in total. The lowest BCUT2D eigenvalue weighted by Gasteiger charge is -2.33. The molecule has 2 N–H and O–H groups in total. The lowest BCUT2D eigenvalue weighted by Crippen LogP contribution is -2.49. The molecular weight excluding hydrogens is 190 g/mol. The van der Waals surface area contributed by atoms with Crippen LogP contribution in [0.25, 0.3) is 0 Å². The van der Waals surface area contributed by atoms with Crippen molar-refractivity contribution in [2.24, 2.45) is 0 Å². The molecule has 0 aromatic heterocycles. The van der Waals surface area contributed by atoms with E-state index in [1.165, 1.54) is 12.8 Å². The van der Waals surface area contributed by atoms with Crippen molar-refractivity contribution in [1.29, 1.82) is 0 Å². The summed E-state index contributed by atoms with van der Waals surface area (Å²) in [4.78, 5) is 10.9. The molecule has 1 aliphatic carbocycles. The number of carboxylic acids is 1. The van der Waals surface area contributed by atoms with Crippen LogP contribution in [-0.2, 0) is 4.79 Å². The first kappa shape index (κ1) is 12.5. The Bertz CT molecular complexity index is 206. The van der Waals surface area contributed by atoms with E-state index in [0.29, 0.717) is 6.04 Å². The van der Waals surface area contributed by atoms with Crippen molar-refractivity contribution in [3.63, 3.8) is 0 Å². The minimum atomic E-state index is -0.671. The molecule has 88 valence electrons. The van der Waals surface area contributed by atoms with E-state index in [-0.39, 0.29) is 12.0 Å². The van der Waals surface area contributed by atoms with Gasteiger partial charge in [-0.15, -0.1) is 0 Å². The lowest BCUT2D eigenvalue weighted by atomic mass is 9.91. The van der Waals surface area contributed by atoms with Crippen LogP contribution in [0.1, 0.15) is 58.8 Å². The summed E-state index contributed by atoms with van der Waals surface area (Å²) in [5.41, 5.74) is -0.109. The first-order valence-corrected chi connectivity index (χ1v) is 6.11. The number of nitrogens with one attached hydrogen (secondary N) is 1. The molecule has 0 atom stereocenters. The van der Waals surface area contributed by atoms with Crippen LogP contribution >= 0.6 is 0 Å². The highest BCUT2D eigenvalue weighted by atomic mass is 16.4. The summed E-state index contributed by atoms with van der Waals surface area (Å²) in [6, 6.07) is 0.474. The van der Waals surface area contributed by atoms with Crippen molar-refractivity contribution in [2.75, 3.05) is 0 Å². The average molecular weight is 213 g/mol. The zero-order chi connectivity index (χ0) is 11.3. The van der Waals surface area contributed by atoms with Crippen LogP contribution in [0.4, 0.5) is 0 Å². The van der Waals surface area contributed by atoms with E-state index in [1.54, 1.807) is 0 Å². The van der Waals surface area contributed by atoms with Gasteiger partial charge in [0.25, 0.3) is 0 Å². The molecule has 0 spiro atoms. The van der Waals surface area contributed by atoms with Crippen LogP contribution in [0.15, 0.2) is 0 Å². The zero-order valence-electron chi connectivity index (χ0n) is 9.88. The third kappa shape index (κ3) is 3.49. The minimum Gasteiger partial charge on any atom is -0.481 e. The summed E-state index contributed by atoms with van der Waals surface area (Å²) in [6.45, 7) is 4.31. The van der Waals surface area contributed by atoms with Gasteiger partial charge in [-0.2, -0.15) is 0 Å². The number of carbonyl (C=O) groups is 1. The molecule has 1 fully saturated rings. The number of carboxylic acid groups (broad SMARTS) is 1. The van der Waals surface area contributed by atoms with Crippen molar-refractivity contribution in [1.82, 2.24) is 5.32 Å². The maximum atomic E-state index is 10.9. The van der Waals surface area contributed by atoms with Crippen LogP contribution in [0, 0.1) is 0 Å². The first-order valence-electron chi connectivity index (χ1n) is 6.11. The van der Waals surface area contributed by atoms with Gasteiger partial charge in [0.1, 0.15) is 0 Å². The number of hydrogen-bond donors (Lipinski definition) is 2. The molecule has 0 aromatic carbocycles. The zero-order valence-corrected chi connectivity index (χ0v) is 9.88. The van der Waals surface area contributed by atoms with Crippen LogP contribution in [0.2, 0.25) is 0 Å². The first-order chi connectivity index (χ1) is 7.12. The second-order valence-corrected chi connectivity index (χ2v) is 4.72. The fourth-order valence-electron chi connectivity index (χ4n) is 2.64. The van der Waals surface area contributed by atoms with Gasteiger partial charge in [0, 0.05) is 11.6 Å². The Morgan fingerprint density at radius 3 is 2.27 bits per heavy atom. The lowest BCUT2D eigenvalue weighted by molar-refractivity contribution is -0.138. The predicted octanol–water partition coefficient (Wildman–Crippen LogP) is 2.55. The highest BCUT2D eigenvalue weighted by Gasteiger charge is 2.36. The van der Waals surface area contributed by atoms with E-state index in [9.17, 15) is 4.79 Å². The average Bonchev–Trinajstić information content (AvgIpc) is 2.62. The summed E-state index contributed by atoms with van der Waals surface area (Å²) in [5, 5.41) is 12.5. The smallest absolute Gasteiger partial charge is 0.305 e. The molecule has 15 heavy (non-hydrogen) atoms. The number of aliphatic carboxylic acids is 1. The molecule has 1 rings (SSSR count). The van der Waals surface area contributed by atoms with Gasteiger partial charge < -0.3 is 10.4 Å². The fourth-order valence-corrected chi connectivity index (χ4v) is 2.64. The van der Waals surface area contributed by atoms with Gasteiger partial charge in [0.05, 0.1) is 6.42 Å². The van der Waals surface area contributed by atoms with E-state index in [0.717, 1.165) is 25.7 Å². The van der Waals surface area contributed by atoms with Crippen molar-refractivity contribution >= 4 is 5.97 Å². The fraction of sp³-hybridized carbons (Fsp3) is 0.917. The largest absolute Gasteiger partial charge is 0.481 e. The van der Waals surface area contributed by atoms with Crippen molar-refractivity contribution in [3.05, 3.63) is 0 Å². The molecule has 0 saturated heterocycles. The van der Waals surface area contributed by atoms with E-state index < -0.39 is 5.97 Å². The highest BCUT2D eigenvalue weighted by Crippen LogP contribution is 2.33. The topological polar surface area (TPSA) is 49.3 Å². The Morgan fingerprint density at radius 1 is 1.33 bits per heavy atom. The van der Waals surface area contributed by atoms with Crippen molar-refractivity contribution in [2.45, 2.75) is 70.4 Å². The molecule has 0 radical (unpaired) electrons. The molecule has 0 bridgehead atoms. The van der Waals surface area contributed by atoms with Gasteiger partial charge in [-0.3, -0.25) is 4.79 Å². The maximum Gasteiger partial charge on any atom is 0.305 e. The Balaban J connectivity index is 2.60. The molecule has 0 aromatic rings. The molecule has 0 heterocycles. The van der Waals surface area contributed by atoms with Crippen LogP contribution in [0.3, 0.4) is 0 Å². The molecule has 3 heteroatoms. The summed E-state index contributed by atoms with van der Waals surface area (Å²) in [7, 11) is 0. The van der Waals surface area contributed by atoms with Crippen LogP contribution in [-0.4, -0.2) is 22.7 Å². The van der Waals surface area contributed by atoms with Crippen LogP contribution in [0.5, 0.6) is 0 Å². The Morgan fingerprint density at radius 2 is 1.87 bits per heavy atom. The molecule has 1 aliphatic rings. The summed E-state index contributed by atoms with van der Waals surface area (Å²) in [5.74, 6) is -0.671. The number of hydrogen-bond acceptors (Lipinski definition) is 2. The standard InChI is InChI=1S/C12H23NO2/c1-3-10(4-2)13-12(9-11(14)15)7-5-6-8-12/h10,13H,3-9H2,1-2H3,(H,14,15). The summed E-state index contributed by atoms with van der Waals surface area (Å²) in [6.07, 6.45) is 6.83. The van der Waals surface area contributed by atoms with E-state index in [4.69, 9.17) is 5.11 Å². The second kappa shape index (κ2) is 5.50. The Hall–Kier alpha value is -0.570. The maximum absolute atomic E-state index is 10.9. The van der Waals surface area contributed by atoms with Gasteiger partial charge in [-0.25, -0.2) is 0 Å².